The fourth-order valence-corrected chi connectivity index (χ4v) is 10.1. The van der Waals surface area contributed by atoms with Gasteiger partial charge in [0.15, 0.2) is 0 Å². The molecule has 2 aliphatic rings. The summed E-state index contributed by atoms with van der Waals surface area (Å²) in [6.45, 7) is 16.4. The molecule has 21 heteroatoms. The van der Waals surface area contributed by atoms with Crippen LogP contribution in [-0.4, -0.2) is 114 Å². The molecule has 2 fully saturated rings. The van der Waals surface area contributed by atoms with E-state index in [1.807, 2.05) is 71.9 Å². The Labute approximate surface area is 449 Å². The van der Waals surface area contributed by atoms with Gasteiger partial charge in [-0.05, 0) is 158 Å². The summed E-state index contributed by atoms with van der Waals surface area (Å²) in [6, 6.07) is 22.9. The summed E-state index contributed by atoms with van der Waals surface area (Å²) in [5.74, 6) is -1.96. The number of nitrogens with one attached hydrogen (secondary N) is 1. The average Bonchev–Trinajstić information content (AvgIpc) is 3.37. The summed E-state index contributed by atoms with van der Waals surface area (Å²) < 4.78 is 101. The Kier molecular flexibility index (Phi) is 22.5. The zero-order chi connectivity index (χ0) is 55.9. The van der Waals surface area contributed by atoms with Crippen molar-refractivity contribution >= 4 is 71.5 Å². The monoisotopic (exact) mass is 1150 g/mol. The van der Waals surface area contributed by atoms with Gasteiger partial charge < -0.3 is 28.7 Å². The average molecular weight is 1150 g/mol. The summed E-state index contributed by atoms with van der Waals surface area (Å²) in [4.78, 5) is 50.6. The first-order chi connectivity index (χ1) is 35.1. The fraction of sp³-hybridized carbons (Fsp3) is 0.481. The first-order valence-electron chi connectivity index (χ1n) is 24.6. The number of benzene rings is 4. The highest BCUT2D eigenvalue weighted by atomic mass is 79.9. The SMILES string of the molecule is CCS(=O)(=O)N(Cc1ccc(C(=O)OC)cc1F)c1cccc(C2CCN(C(=O)OC(C)(C)C)CC2)c1.CCS(=O)(=O)Nc1cccc(C2CCN(C(=O)OC(C)(C)C)CC2)c1.COC(=O)c1ccc(CBr)c(F)c1. The maximum atomic E-state index is 14.8. The molecular formula is C54H71BrF2N4O12S2. The lowest BCUT2D eigenvalue weighted by atomic mass is 9.89. The van der Waals surface area contributed by atoms with Gasteiger partial charge in [0.25, 0.3) is 0 Å². The van der Waals surface area contributed by atoms with E-state index in [2.05, 4.69) is 30.1 Å². The number of nitrogens with zero attached hydrogens (tertiary/aromatic N) is 3. The van der Waals surface area contributed by atoms with E-state index in [4.69, 9.17) is 9.47 Å². The first-order valence-corrected chi connectivity index (χ1v) is 29.0. The van der Waals surface area contributed by atoms with Crippen molar-refractivity contribution in [2.24, 2.45) is 0 Å². The lowest BCUT2D eigenvalue weighted by Crippen LogP contribution is -2.41. The largest absolute Gasteiger partial charge is 0.465 e. The zero-order valence-electron chi connectivity index (χ0n) is 44.4. The van der Waals surface area contributed by atoms with Gasteiger partial charge in [-0.1, -0.05) is 52.3 Å². The van der Waals surface area contributed by atoms with Crippen LogP contribution in [0.2, 0.25) is 0 Å². The molecule has 16 nitrogen and oxygen atoms in total. The normalized spacial score (nSPS) is 14.5. The van der Waals surface area contributed by atoms with Crippen LogP contribution in [0.15, 0.2) is 84.9 Å². The van der Waals surface area contributed by atoms with E-state index in [1.54, 1.807) is 41.0 Å². The highest BCUT2D eigenvalue weighted by Gasteiger charge is 2.30. The Hall–Kier alpha value is -5.80. The third-order valence-corrected chi connectivity index (χ3v) is 15.7. The molecule has 6 rings (SSSR count). The van der Waals surface area contributed by atoms with Gasteiger partial charge in [-0.25, -0.2) is 44.8 Å². The summed E-state index contributed by atoms with van der Waals surface area (Å²) in [6.07, 6.45) is 2.50. The molecular weight excluding hydrogens is 1080 g/mol. The van der Waals surface area contributed by atoms with E-state index >= 15 is 0 Å². The number of rotatable bonds is 13. The van der Waals surface area contributed by atoms with Gasteiger partial charge >= 0.3 is 24.1 Å². The number of halogens is 3. The third-order valence-electron chi connectivity index (χ3n) is 12.0. The minimum atomic E-state index is -3.74. The molecule has 2 aliphatic heterocycles. The van der Waals surface area contributed by atoms with Crippen LogP contribution in [0.4, 0.5) is 29.7 Å². The Morgan fingerprint density at radius 3 is 1.48 bits per heavy atom. The molecule has 2 heterocycles. The lowest BCUT2D eigenvalue weighted by molar-refractivity contribution is 0.0194. The third kappa shape index (κ3) is 19.1. The van der Waals surface area contributed by atoms with Gasteiger partial charge in [0, 0.05) is 42.8 Å². The quantitative estimate of drug-likeness (QED) is 0.0757. The predicted octanol–water partition coefficient (Wildman–Crippen LogP) is 11.2. The van der Waals surface area contributed by atoms with Crippen LogP contribution in [0.5, 0.6) is 0 Å². The van der Waals surface area contributed by atoms with E-state index in [-0.39, 0.29) is 52.8 Å². The Morgan fingerprint density at radius 1 is 0.640 bits per heavy atom. The maximum absolute atomic E-state index is 14.8. The first kappa shape index (κ1) is 61.7. The van der Waals surface area contributed by atoms with Crippen molar-refractivity contribution in [3.8, 4) is 0 Å². The number of alkyl halides is 1. The van der Waals surface area contributed by atoms with Crippen molar-refractivity contribution in [1.29, 1.82) is 0 Å². The van der Waals surface area contributed by atoms with Crippen molar-refractivity contribution in [1.82, 2.24) is 9.80 Å². The van der Waals surface area contributed by atoms with Crippen LogP contribution in [-0.2, 0) is 50.9 Å². The van der Waals surface area contributed by atoms with Crippen LogP contribution in [0, 0.1) is 11.6 Å². The van der Waals surface area contributed by atoms with Crippen molar-refractivity contribution in [3.05, 3.63) is 130 Å². The fourth-order valence-electron chi connectivity index (χ4n) is 7.97. The number of amides is 2. The highest BCUT2D eigenvalue weighted by molar-refractivity contribution is 9.08. The number of esters is 2. The van der Waals surface area contributed by atoms with E-state index < -0.39 is 54.8 Å². The van der Waals surface area contributed by atoms with Crippen LogP contribution < -0.4 is 9.03 Å². The van der Waals surface area contributed by atoms with Crippen molar-refractivity contribution in [2.45, 2.75) is 116 Å². The Balaban J connectivity index is 0.000000274. The molecule has 0 saturated carbocycles. The van der Waals surface area contributed by atoms with Gasteiger partial charge in [-0.2, -0.15) is 0 Å². The topological polar surface area (TPSA) is 195 Å². The molecule has 0 atom stereocenters. The molecule has 0 spiro atoms. The van der Waals surface area contributed by atoms with Crippen molar-refractivity contribution < 1.29 is 63.7 Å². The summed E-state index contributed by atoms with van der Waals surface area (Å²) in [7, 11) is -4.55. The van der Waals surface area contributed by atoms with Crippen molar-refractivity contribution in [2.75, 3.05) is 60.9 Å². The van der Waals surface area contributed by atoms with E-state index in [1.165, 1.54) is 49.7 Å². The second-order valence-corrected chi connectivity index (χ2v) is 24.6. The van der Waals surface area contributed by atoms with E-state index in [0.717, 1.165) is 30.0 Å². The molecule has 2 amide bonds. The number of likely N-dealkylation sites (tertiary alicyclic amines) is 2. The number of piperidine rings is 2. The number of carbonyl (C=O) groups excluding carboxylic acids is 4. The minimum absolute atomic E-state index is 0.0471. The summed E-state index contributed by atoms with van der Waals surface area (Å²) >= 11 is 3.13. The summed E-state index contributed by atoms with van der Waals surface area (Å²) in [5, 5.41) is 0.431. The van der Waals surface area contributed by atoms with Gasteiger partial charge in [-0.3, -0.25) is 9.03 Å². The Morgan fingerprint density at radius 2 is 1.08 bits per heavy atom. The van der Waals surface area contributed by atoms with Gasteiger partial charge in [0.2, 0.25) is 20.0 Å². The number of anilines is 2. The van der Waals surface area contributed by atoms with Crippen molar-refractivity contribution in [3.63, 3.8) is 0 Å². The predicted molar refractivity (Wildman–Crippen MR) is 289 cm³/mol. The number of ether oxygens (including phenoxy) is 4. The zero-order valence-corrected chi connectivity index (χ0v) is 47.6. The smallest absolute Gasteiger partial charge is 0.410 e. The number of sulfonamides is 2. The standard InChI is InChI=1S/C27H35FN2O6S.C18H28N2O4S.C9H8BrFO2/c1-6-37(33,34)30(18-22-11-10-21(17-24(22)28)25(31)35-5)23-9-7-8-20(16-23)19-12-14-29(15-13-19)26(32)36-27(2,3)4;1-5-25(22,23)19-16-8-6-7-15(13-16)14-9-11-20(12-10-14)17(21)24-18(2,3)4;1-13-9(12)6-2-3-7(5-10)8(11)4-6/h7-11,16-17,19H,6,12-15,18H2,1-5H3;6-8,13-14,19H,5,9-12H2,1-4H3;2-4H,5H2,1H3. The second-order valence-electron chi connectivity index (χ2n) is 19.8. The maximum Gasteiger partial charge on any atom is 0.410 e. The lowest BCUT2D eigenvalue weighted by Gasteiger charge is -2.34. The van der Waals surface area contributed by atoms with Crippen LogP contribution >= 0.6 is 15.9 Å². The number of hydrogen-bond donors (Lipinski definition) is 1. The molecule has 0 radical (unpaired) electrons. The van der Waals surface area contributed by atoms with Crippen LogP contribution in [0.3, 0.4) is 0 Å². The van der Waals surface area contributed by atoms with Gasteiger partial charge in [0.05, 0.1) is 49.1 Å². The molecule has 412 valence electrons. The molecule has 2 saturated heterocycles. The second kappa shape index (κ2) is 27.3. The van der Waals surface area contributed by atoms with Crippen LogP contribution in [0.1, 0.15) is 136 Å². The number of hydrogen-bond acceptors (Lipinski definition) is 12. The number of carbonyl (C=O) groups is 4. The van der Waals surface area contributed by atoms with E-state index in [9.17, 15) is 44.8 Å². The summed E-state index contributed by atoms with van der Waals surface area (Å²) in [5.41, 5.74) is 2.97. The molecule has 4 aromatic rings. The molecule has 4 aromatic carbocycles. The van der Waals surface area contributed by atoms with Gasteiger partial charge in [0.1, 0.15) is 22.8 Å². The molecule has 0 unspecified atom stereocenters. The van der Waals surface area contributed by atoms with E-state index in [0.29, 0.717) is 67.2 Å². The molecule has 1 N–H and O–H groups in total. The van der Waals surface area contributed by atoms with Crippen LogP contribution in [0.25, 0.3) is 0 Å². The van der Waals surface area contributed by atoms with Gasteiger partial charge in [-0.15, -0.1) is 0 Å². The molecule has 0 aromatic heterocycles. The Bertz CT molecular complexity index is 2820. The number of methoxy groups -OCH3 is 2. The molecule has 0 aliphatic carbocycles. The molecule has 0 bridgehead atoms. The molecule has 75 heavy (non-hydrogen) atoms. The minimum Gasteiger partial charge on any atom is -0.465 e. The highest BCUT2D eigenvalue weighted by Crippen LogP contribution is 2.34.